The summed E-state index contributed by atoms with van der Waals surface area (Å²) in [6.45, 7) is 3.38. The summed E-state index contributed by atoms with van der Waals surface area (Å²) in [5.74, 6) is -1.90. The molecule has 0 spiro atoms. The summed E-state index contributed by atoms with van der Waals surface area (Å²) < 4.78 is 26.0. The van der Waals surface area contributed by atoms with Gasteiger partial charge in [0.25, 0.3) is 0 Å². The lowest BCUT2D eigenvalue weighted by Gasteiger charge is -2.33. The number of likely N-dealkylation sites (tertiary alicyclic amines) is 1. The van der Waals surface area contributed by atoms with Crippen molar-refractivity contribution >= 4 is 5.91 Å². The molecular weight excluding hydrogens is 278 g/mol. The minimum absolute atomic E-state index is 0.0322. The Balaban J connectivity index is 1.85. The molecule has 0 saturated carbocycles. The smallest absolute Gasteiger partial charge is 0.217 e. The number of carbonyl (C=O) groups is 1. The van der Waals surface area contributed by atoms with Crippen molar-refractivity contribution in [3.8, 4) is 0 Å². The van der Waals surface area contributed by atoms with Crippen LogP contribution < -0.4 is 5.32 Å². The molecule has 2 rings (SSSR count). The first-order chi connectivity index (χ1) is 9.95. The SMILES string of the molecule is CC(=O)NC1CCN(CC(O)c2ccc(F)c(F)c2)CC1. The number of piperidine rings is 1. The highest BCUT2D eigenvalue weighted by atomic mass is 19.2. The predicted octanol–water partition coefficient (Wildman–Crippen LogP) is 1.60. The fourth-order valence-corrected chi connectivity index (χ4v) is 2.62. The topological polar surface area (TPSA) is 52.6 Å². The maximum absolute atomic E-state index is 13.2. The molecule has 1 unspecified atom stereocenters. The molecule has 6 heteroatoms. The normalized spacial score (nSPS) is 18.5. The van der Waals surface area contributed by atoms with Crippen molar-refractivity contribution in [3.05, 3.63) is 35.4 Å². The van der Waals surface area contributed by atoms with Gasteiger partial charge in [0.05, 0.1) is 6.10 Å². The largest absolute Gasteiger partial charge is 0.387 e. The number of rotatable bonds is 4. The molecule has 1 aliphatic rings. The molecule has 1 saturated heterocycles. The molecule has 0 radical (unpaired) electrons. The van der Waals surface area contributed by atoms with Crippen molar-refractivity contribution in [2.24, 2.45) is 0 Å². The third-order valence-electron chi connectivity index (χ3n) is 3.75. The van der Waals surface area contributed by atoms with E-state index in [1.54, 1.807) is 0 Å². The molecular formula is C15H20F2N2O2. The van der Waals surface area contributed by atoms with Crippen molar-refractivity contribution < 1.29 is 18.7 Å². The zero-order valence-corrected chi connectivity index (χ0v) is 12.0. The third-order valence-corrected chi connectivity index (χ3v) is 3.75. The first kappa shape index (κ1) is 15.9. The Morgan fingerprint density at radius 2 is 2.05 bits per heavy atom. The number of hydrogen-bond acceptors (Lipinski definition) is 3. The van der Waals surface area contributed by atoms with Crippen LogP contribution in [-0.4, -0.2) is 41.6 Å². The van der Waals surface area contributed by atoms with E-state index < -0.39 is 17.7 Å². The Morgan fingerprint density at radius 3 is 2.62 bits per heavy atom. The maximum Gasteiger partial charge on any atom is 0.217 e. The van der Waals surface area contributed by atoms with Crippen LogP contribution in [0, 0.1) is 11.6 Å². The number of aliphatic hydroxyl groups excluding tert-OH is 1. The van der Waals surface area contributed by atoms with Crippen LogP contribution in [0.1, 0.15) is 31.4 Å². The zero-order valence-electron chi connectivity index (χ0n) is 12.0. The van der Waals surface area contributed by atoms with Gasteiger partial charge in [-0.05, 0) is 30.5 Å². The molecule has 1 fully saturated rings. The van der Waals surface area contributed by atoms with E-state index >= 15 is 0 Å². The quantitative estimate of drug-likeness (QED) is 0.888. The molecule has 2 N–H and O–H groups in total. The average Bonchev–Trinajstić information content (AvgIpc) is 2.43. The van der Waals surface area contributed by atoms with E-state index in [1.807, 2.05) is 0 Å². The van der Waals surface area contributed by atoms with E-state index in [0.29, 0.717) is 12.1 Å². The summed E-state index contributed by atoms with van der Waals surface area (Å²) in [5.41, 5.74) is 0.373. The second-order valence-corrected chi connectivity index (χ2v) is 5.46. The Morgan fingerprint density at radius 1 is 1.38 bits per heavy atom. The van der Waals surface area contributed by atoms with Gasteiger partial charge in [-0.1, -0.05) is 6.07 Å². The van der Waals surface area contributed by atoms with Gasteiger partial charge in [0.15, 0.2) is 11.6 Å². The summed E-state index contributed by atoms with van der Waals surface area (Å²) in [5, 5.41) is 13.0. The van der Waals surface area contributed by atoms with Crippen molar-refractivity contribution in [3.63, 3.8) is 0 Å². The van der Waals surface area contributed by atoms with Crippen LogP contribution in [0.15, 0.2) is 18.2 Å². The van der Waals surface area contributed by atoms with Crippen LogP contribution in [-0.2, 0) is 4.79 Å². The molecule has 1 heterocycles. The van der Waals surface area contributed by atoms with Gasteiger partial charge in [0.1, 0.15) is 0 Å². The van der Waals surface area contributed by atoms with E-state index in [2.05, 4.69) is 10.2 Å². The molecule has 1 aromatic rings. The van der Waals surface area contributed by atoms with Gasteiger partial charge in [0, 0.05) is 32.6 Å². The van der Waals surface area contributed by atoms with Gasteiger partial charge in [0.2, 0.25) is 5.91 Å². The number of benzene rings is 1. The van der Waals surface area contributed by atoms with E-state index in [-0.39, 0.29) is 11.9 Å². The molecule has 116 valence electrons. The van der Waals surface area contributed by atoms with E-state index in [1.165, 1.54) is 13.0 Å². The lowest BCUT2D eigenvalue weighted by atomic mass is 10.0. The van der Waals surface area contributed by atoms with Gasteiger partial charge in [-0.2, -0.15) is 0 Å². The minimum Gasteiger partial charge on any atom is -0.387 e. The highest BCUT2D eigenvalue weighted by Crippen LogP contribution is 2.19. The number of amides is 1. The highest BCUT2D eigenvalue weighted by molar-refractivity contribution is 5.73. The highest BCUT2D eigenvalue weighted by Gasteiger charge is 2.22. The Kier molecular flexibility index (Phi) is 5.25. The number of β-amino-alcohol motifs (C(OH)–C–C–N with tert-alkyl or cyclic N) is 1. The minimum atomic E-state index is -0.948. The summed E-state index contributed by atoms with van der Waals surface area (Å²) in [4.78, 5) is 13.0. The summed E-state index contributed by atoms with van der Waals surface area (Å²) in [6, 6.07) is 3.63. The second-order valence-electron chi connectivity index (χ2n) is 5.46. The lowest BCUT2D eigenvalue weighted by molar-refractivity contribution is -0.120. The molecule has 1 atom stereocenters. The van der Waals surface area contributed by atoms with Crippen molar-refractivity contribution in [1.82, 2.24) is 10.2 Å². The maximum atomic E-state index is 13.2. The van der Waals surface area contributed by atoms with Crippen LogP contribution in [0.5, 0.6) is 0 Å². The Bertz CT molecular complexity index is 502. The monoisotopic (exact) mass is 298 g/mol. The fraction of sp³-hybridized carbons (Fsp3) is 0.533. The lowest BCUT2D eigenvalue weighted by Crippen LogP contribution is -2.45. The first-order valence-electron chi connectivity index (χ1n) is 7.08. The molecule has 4 nitrogen and oxygen atoms in total. The van der Waals surface area contributed by atoms with Crippen molar-refractivity contribution in [1.29, 1.82) is 0 Å². The number of halogens is 2. The van der Waals surface area contributed by atoms with Crippen molar-refractivity contribution in [2.75, 3.05) is 19.6 Å². The molecule has 21 heavy (non-hydrogen) atoms. The Hall–Kier alpha value is -1.53. The number of nitrogens with one attached hydrogen (secondary N) is 1. The zero-order chi connectivity index (χ0) is 15.4. The van der Waals surface area contributed by atoms with Crippen LogP contribution >= 0.6 is 0 Å². The van der Waals surface area contributed by atoms with Gasteiger partial charge in [-0.15, -0.1) is 0 Å². The standard InChI is InChI=1S/C15H20F2N2O2/c1-10(20)18-12-4-6-19(7-5-12)9-15(21)11-2-3-13(16)14(17)8-11/h2-3,8,12,15,21H,4-7,9H2,1H3,(H,18,20). The molecule has 0 bridgehead atoms. The van der Waals surface area contributed by atoms with Crippen LogP contribution in [0.3, 0.4) is 0 Å². The number of nitrogens with zero attached hydrogens (tertiary/aromatic N) is 1. The van der Waals surface area contributed by atoms with Crippen LogP contribution in [0.4, 0.5) is 8.78 Å². The fourth-order valence-electron chi connectivity index (χ4n) is 2.62. The van der Waals surface area contributed by atoms with Gasteiger partial charge >= 0.3 is 0 Å². The molecule has 0 aromatic heterocycles. The molecule has 0 aliphatic carbocycles. The molecule has 1 aliphatic heterocycles. The van der Waals surface area contributed by atoms with Gasteiger partial charge in [-0.3, -0.25) is 4.79 Å². The molecule has 1 amide bonds. The summed E-state index contributed by atoms with van der Waals surface area (Å²) in [7, 11) is 0. The number of carbonyl (C=O) groups excluding carboxylic acids is 1. The van der Waals surface area contributed by atoms with E-state index in [9.17, 15) is 18.7 Å². The summed E-state index contributed by atoms with van der Waals surface area (Å²) in [6.07, 6.45) is 0.797. The first-order valence-corrected chi connectivity index (χ1v) is 7.08. The van der Waals surface area contributed by atoms with Crippen LogP contribution in [0.2, 0.25) is 0 Å². The van der Waals surface area contributed by atoms with E-state index in [4.69, 9.17) is 0 Å². The third kappa shape index (κ3) is 4.47. The number of aliphatic hydroxyl groups is 1. The van der Waals surface area contributed by atoms with E-state index in [0.717, 1.165) is 38.1 Å². The number of hydrogen-bond donors (Lipinski definition) is 2. The predicted molar refractivity (Wildman–Crippen MR) is 74.6 cm³/mol. The summed E-state index contributed by atoms with van der Waals surface area (Å²) >= 11 is 0. The average molecular weight is 298 g/mol. The molecule has 1 aromatic carbocycles. The van der Waals surface area contributed by atoms with Crippen LogP contribution in [0.25, 0.3) is 0 Å². The second kappa shape index (κ2) is 6.95. The van der Waals surface area contributed by atoms with Crippen molar-refractivity contribution in [2.45, 2.75) is 31.9 Å². The van der Waals surface area contributed by atoms with Gasteiger partial charge < -0.3 is 15.3 Å². The Labute approximate surface area is 122 Å². The van der Waals surface area contributed by atoms with Gasteiger partial charge in [-0.25, -0.2) is 8.78 Å².